The van der Waals surface area contributed by atoms with Gasteiger partial charge in [0.25, 0.3) is 0 Å². The van der Waals surface area contributed by atoms with Crippen molar-refractivity contribution in [3.05, 3.63) is 35.0 Å². The van der Waals surface area contributed by atoms with E-state index in [0.717, 1.165) is 35.9 Å². The van der Waals surface area contributed by atoms with E-state index in [1.54, 1.807) is 0 Å². The molecular weight excluding hydrogens is 240 g/mol. The lowest BCUT2D eigenvalue weighted by atomic mass is 10.0. The smallest absolute Gasteiger partial charge is 0.338 e. The van der Waals surface area contributed by atoms with E-state index in [9.17, 15) is 9.90 Å². The largest absolute Gasteiger partial charge is 0.478 e. The maximum atomic E-state index is 11.5. The molecule has 1 heterocycles. The summed E-state index contributed by atoms with van der Waals surface area (Å²) in [5.74, 6) is -0.863. The van der Waals surface area contributed by atoms with Gasteiger partial charge in [0, 0.05) is 18.1 Å². The first-order chi connectivity index (χ1) is 9.10. The topological polar surface area (TPSA) is 68.2 Å². The summed E-state index contributed by atoms with van der Waals surface area (Å²) in [5, 5.41) is 10.5. The van der Waals surface area contributed by atoms with Crippen LogP contribution in [0.4, 0.5) is 0 Å². The Morgan fingerprint density at radius 2 is 2.16 bits per heavy atom. The Kier molecular flexibility index (Phi) is 3.90. The van der Waals surface area contributed by atoms with Crippen molar-refractivity contribution in [1.82, 2.24) is 4.57 Å². The molecule has 19 heavy (non-hydrogen) atoms. The van der Waals surface area contributed by atoms with Crippen LogP contribution in [0.3, 0.4) is 0 Å². The van der Waals surface area contributed by atoms with Gasteiger partial charge in [0.05, 0.1) is 11.1 Å². The van der Waals surface area contributed by atoms with Gasteiger partial charge in [0.15, 0.2) is 0 Å². The van der Waals surface area contributed by atoms with Crippen LogP contribution in [0.2, 0.25) is 0 Å². The van der Waals surface area contributed by atoms with Gasteiger partial charge in [-0.3, -0.25) is 0 Å². The first-order valence-corrected chi connectivity index (χ1v) is 6.64. The molecule has 2 rings (SSSR count). The van der Waals surface area contributed by atoms with Gasteiger partial charge < -0.3 is 15.4 Å². The Morgan fingerprint density at radius 1 is 1.42 bits per heavy atom. The normalized spacial score (nSPS) is 11.1. The van der Waals surface area contributed by atoms with E-state index in [1.165, 1.54) is 5.56 Å². The highest BCUT2D eigenvalue weighted by Gasteiger charge is 2.17. The summed E-state index contributed by atoms with van der Waals surface area (Å²) in [7, 11) is 0. The average Bonchev–Trinajstić information content (AvgIpc) is 2.73. The Bertz CT molecular complexity index is 614. The molecule has 102 valence electrons. The number of hydrogen-bond donors (Lipinski definition) is 2. The molecule has 0 bridgehead atoms. The number of hydrogen-bond acceptors (Lipinski definition) is 2. The van der Waals surface area contributed by atoms with Crippen LogP contribution in [0, 0.1) is 6.92 Å². The summed E-state index contributed by atoms with van der Waals surface area (Å²) < 4.78 is 2.04. The molecule has 0 unspecified atom stereocenters. The molecule has 0 aliphatic rings. The van der Waals surface area contributed by atoms with Crippen molar-refractivity contribution in [2.45, 2.75) is 33.2 Å². The summed E-state index contributed by atoms with van der Waals surface area (Å²) in [4.78, 5) is 11.5. The second kappa shape index (κ2) is 5.45. The number of aryl methyl sites for hydroxylation is 3. The number of aromatic nitrogens is 1. The quantitative estimate of drug-likeness (QED) is 0.868. The van der Waals surface area contributed by atoms with Crippen LogP contribution in [0.25, 0.3) is 10.9 Å². The SMILES string of the molecule is CCc1cn(CCCN)c2c(C(=O)O)c(C)ccc12. The van der Waals surface area contributed by atoms with Crippen molar-refractivity contribution in [2.24, 2.45) is 5.73 Å². The summed E-state index contributed by atoms with van der Waals surface area (Å²) in [6.45, 7) is 5.29. The highest BCUT2D eigenvalue weighted by molar-refractivity contribution is 6.04. The summed E-state index contributed by atoms with van der Waals surface area (Å²) in [6, 6.07) is 3.91. The molecule has 0 radical (unpaired) electrons. The van der Waals surface area contributed by atoms with Gasteiger partial charge in [-0.1, -0.05) is 19.1 Å². The van der Waals surface area contributed by atoms with E-state index in [4.69, 9.17) is 5.73 Å². The van der Waals surface area contributed by atoms with Gasteiger partial charge in [-0.15, -0.1) is 0 Å². The van der Waals surface area contributed by atoms with Crippen LogP contribution >= 0.6 is 0 Å². The highest BCUT2D eigenvalue weighted by Crippen LogP contribution is 2.28. The Hall–Kier alpha value is -1.81. The van der Waals surface area contributed by atoms with Crippen LogP contribution in [0.1, 0.15) is 34.8 Å². The molecule has 4 nitrogen and oxygen atoms in total. The van der Waals surface area contributed by atoms with Crippen molar-refractivity contribution in [2.75, 3.05) is 6.54 Å². The number of benzene rings is 1. The van der Waals surface area contributed by atoms with E-state index >= 15 is 0 Å². The van der Waals surface area contributed by atoms with Gasteiger partial charge >= 0.3 is 5.97 Å². The molecular formula is C15H20N2O2. The minimum absolute atomic E-state index is 0.411. The minimum Gasteiger partial charge on any atom is -0.478 e. The summed E-state index contributed by atoms with van der Waals surface area (Å²) in [5.41, 5.74) is 8.79. The van der Waals surface area contributed by atoms with Gasteiger partial charge in [-0.25, -0.2) is 4.79 Å². The number of rotatable bonds is 5. The predicted octanol–water partition coefficient (Wildman–Crippen LogP) is 2.56. The van der Waals surface area contributed by atoms with Gasteiger partial charge in [-0.2, -0.15) is 0 Å². The molecule has 0 fully saturated rings. The van der Waals surface area contributed by atoms with Gasteiger partial charge in [0.2, 0.25) is 0 Å². The number of aromatic carboxylic acids is 1. The molecule has 0 spiro atoms. The van der Waals surface area contributed by atoms with E-state index in [-0.39, 0.29) is 0 Å². The van der Waals surface area contributed by atoms with Crippen LogP contribution in [-0.2, 0) is 13.0 Å². The van der Waals surface area contributed by atoms with E-state index in [1.807, 2.05) is 23.6 Å². The van der Waals surface area contributed by atoms with Crippen molar-refractivity contribution < 1.29 is 9.90 Å². The molecule has 0 aliphatic heterocycles. The van der Waals surface area contributed by atoms with Crippen LogP contribution in [-0.4, -0.2) is 22.2 Å². The molecule has 0 aliphatic carbocycles. The van der Waals surface area contributed by atoms with Gasteiger partial charge in [0.1, 0.15) is 0 Å². The van der Waals surface area contributed by atoms with Crippen LogP contribution in [0.5, 0.6) is 0 Å². The van der Waals surface area contributed by atoms with Crippen LogP contribution in [0.15, 0.2) is 18.3 Å². The zero-order valence-corrected chi connectivity index (χ0v) is 11.4. The summed E-state index contributed by atoms with van der Waals surface area (Å²) in [6.07, 6.45) is 3.81. The fourth-order valence-electron chi connectivity index (χ4n) is 2.56. The van der Waals surface area contributed by atoms with E-state index in [2.05, 4.69) is 13.1 Å². The van der Waals surface area contributed by atoms with E-state index in [0.29, 0.717) is 12.1 Å². The first kappa shape index (κ1) is 13.6. The zero-order chi connectivity index (χ0) is 14.0. The monoisotopic (exact) mass is 260 g/mol. The number of carbonyl (C=O) groups is 1. The zero-order valence-electron chi connectivity index (χ0n) is 11.4. The fraction of sp³-hybridized carbons (Fsp3) is 0.400. The van der Waals surface area contributed by atoms with Crippen molar-refractivity contribution in [1.29, 1.82) is 0 Å². The van der Waals surface area contributed by atoms with E-state index < -0.39 is 5.97 Å². The lowest BCUT2D eigenvalue weighted by Gasteiger charge is -2.09. The molecule has 1 aromatic heterocycles. The highest BCUT2D eigenvalue weighted by atomic mass is 16.4. The van der Waals surface area contributed by atoms with Crippen molar-refractivity contribution in [3.63, 3.8) is 0 Å². The number of nitrogens with zero attached hydrogens (tertiary/aromatic N) is 1. The number of fused-ring (bicyclic) bond motifs is 1. The number of nitrogens with two attached hydrogens (primary N) is 1. The third-order valence-corrected chi connectivity index (χ3v) is 3.53. The van der Waals surface area contributed by atoms with Crippen LogP contribution < -0.4 is 5.73 Å². The minimum atomic E-state index is -0.863. The second-order valence-electron chi connectivity index (χ2n) is 4.80. The maximum absolute atomic E-state index is 11.5. The average molecular weight is 260 g/mol. The molecule has 3 N–H and O–H groups in total. The third-order valence-electron chi connectivity index (χ3n) is 3.53. The predicted molar refractivity (Wildman–Crippen MR) is 76.7 cm³/mol. The second-order valence-corrected chi connectivity index (χ2v) is 4.80. The fourth-order valence-corrected chi connectivity index (χ4v) is 2.56. The van der Waals surface area contributed by atoms with Crippen molar-refractivity contribution in [3.8, 4) is 0 Å². The van der Waals surface area contributed by atoms with Crippen molar-refractivity contribution >= 4 is 16.9 Å². The summed E-state index contributed by atoms with van der Waals surface area (Å²) >= 11 is 0. The third kappa shape index (κ3) is 2.36. The molecule has 2 aromatic rings. The molecule has 0 saturated heterocycles. The number of carboxylic acid groups (broad SMARTS) is 1. The lowest BCUT2D eigenvalue weighted by Crippen LogP contribution is -2.08. The Balaban J connectivity index is 2.73. The number of carboxylic acids is 1. The molecule has 0 saturated carbocycles. The Labute approximate surface area is 112 Å². The Morgan fingerprint density at radius 3 is 2.74 bits per heavy atom. The maximum Gasteiger partial charge on any atom is 0.338 e. The molecule has 0 atom stereocenters. The first-order valence-electron chi connectivity index (χ1n) is 6.64. The lowest BCUT2D eigenvalue weighted by molar-refractivity contribution is 0.0698. The molecule has 1 aromatic carbocycles. The van der Waals surface area contributed by atoms with Gasteiger partial charge in [-0.05, 0) is 37.4 Å². The molecule has 4 heteroatoms. The molecule has 0 amide bonds. The standard InChI is InChI=1S/C15H20N2O2/c1-3-11-9-17(8-4-7-16)14-12(11)6-5-10(2)13(14)15(18)19/h5-6,9H,3-4,7-8,16H2,1-2H3,(H,18,19).